The van der Waals surface area contributed by atoms with Crippen LogP contribution in [-0.2, 0) is 0 Å². The van der Waals surface area contributed by atoms with E-state index in [9.17, 15) is 5.11 Å². The Bertz CT molecular complexity index is 555. The lowest BCUT2D eigenvalue weighted by atomic mass is 10.2. The molecule has 0 aromatic heterocycles. The second kappa shape index (κ2) is 7.02. The molecule has 106 valence electrons. The van der Waals surface area contributed by atoms with Crippen LogP contribution in [0.3, 0.4) is 0 Å². The van der Waals surface area contributed by atoms with E-state index in [4.69, 9.17) is 16.3 Å². The summed E-state index contributed by atoms with van der Waals surface area (Å²) in [7, 11) is 0. The lowest BCUT2D eigenvalue weighted by Gasteiger charge is -2.14. The molecule has 2 nitrogen and oxygen atoms in total. The van der Waals surface area contributed by atoms with Crippen LogP contribution in [0.5, 0.6) is 11.5 Å². The quantitative estimate of drug-likeness (QED) is 0.608. The summed E-state index contributed by atoms with van der Waals surface area (Å²) in [6.45, 7) is 3.99. The number of thioether (sulfide) groups is 1. The topological polar surface area (TPSA) is 29.5 Å². The predicted molar refractivity (Wildman–Crippen MR) is 84.7 cm³/mol. The molecule has 0 saturated heterocycles. The Morgan fingerprint density at radius 2 is 1.70 bits per heavy atom. The second-order valence-corrected chi connectivity index (χ2v) is 6.35. The van der Waals surface area contributed by atoms with E-state index in [1.54, 1.807) is 6.07 Å². The van der Waals surface area contributed by atoms with Crippen molar-refractivity contribution in [1.82, 2.24) is 0 Å². The summed E-state index contributed by atoms with van der Waals surface area (Å²) in [5, 5.41) is 10.4. The van der Waals surface area contributed by atoms with Gasteiger partial charge >= 0.3 is 0 Å². The van der Waals surface area contributed by atoms with Gasteiger partial charge in [-0.2, -0.15) is 0 Å². The third-order valence-electron chi connectivity index (χ3n) is 2.72. The first-order chi connectivity index (χ1) is 9.56. The fourth-order valence-electron chi connectivity index (χ4n) is 1.52. The van der Waals surface area contributed by atoms with Crippen molar-refractivity contribution in [1.29, 1.82) is 0 Å². The molecule has 1 atom stereocenters. The maximum Gasteiger partial charge on any atom is 0.146 e. The van der Waals surface area contributed by atoms with Gasteiger partial charge < -0.3 is 9.84 Å². The highest BCUT2D eigenvalue weighted by atomic mass is 35.5. The fourth-order valence-corrected chi connectivity index (χ4v) is 2.53. The molecule has 2 rings (SSSR count). The number of para-hydroxylation sites is 1. The van der Waals surface area contributed by atoms with Crippen LogP contribution in [-0.4, -0.2) is 10.5 Å². The molecule has 0 saturated carbocycles. The summed E-state index contributed by atoms with van der Waals surface area (Å²) in [5.41, 5.74) is -0.398. The molecule has 0 heterocycles. The van der Waals surface area contributed by atoms with Crippen molar-refractivity contribution in [3.8, 4) is 11.5 Å². The van der Waals surface area contributed by atoms with E-state index in [-0.39, 0.29) is 5.92 Å². The van der Waals surface area contributed by atoms with Crippen molar-refractivity contribution in [2.75, 3.05) is 0 Å². The van der Waals surface area contributed by atoms with Crippen molar-refractivity contribution >= 4 is 23.4 Å². The highest BCUT2D eigenvalue weighted by Crippen LogP contribution is 2.31. The second-order valence-electron chi connectivity index (χ2n) is 4.76. The Morgan fingerprint density at radius 3 is 2.30 bits per heavy atom. The molecule has 1 unspecified atom stereocenters. The Hall–Kier alpha value is -1.16. The lowest BCUT2D eigenvalue weighted by Crippen LogP contribution is -2.08. The van der Waals surface area contributed by atoms with E-state index in [2.05, 4.69) is 0 Å². The summed E-state index contributed by atoms with van der Waals surface area (Å²) in [5.74, 6) is 1.58. The van der Waals surface area contributed by atoms with Gasteiger partial charge in [-0.05, 0) is 42.3 Å². The van der Waals surface area contributed by atoms with Gasteiger partial charge in [0.2, 0.25) is 0 Å². The molecule has 0 amide bonds. The molecule has 0 aliphatic rings. The number of benzene rings is 2. The number of hydrogen-bond donors (Lipinski definition) is 1. The highest BCUT2D eigenvalue weighted by molar-refractivity contribution is 7.99. The zero-order chi connectivity index (χ0) is 14.5. The first-order valence-corrected chi connectivity index (χ1v) is 7.69. The summed E-state index contributed by atoms with van der Waals surface area (Å²) in [6, 6.07) is 15.0. The summed E-state index contributed by atoms with van der Waals surface area (Å²) >= 11 is 7.49. The van der Waals surface area contributed by atoms with Crippen LogP contribution in [0, 0.1) is 5.92 Å². The number of aliphatic hydroxyl groups is 1. The molecule has 0 fully saturated rings. The third kappa shape index (κ3) is 4.17. The molecular weight excluding hydrogens is 292 g/mol. The minimum atomic E-state index is -0.398. The standard InChI is InChI=1S/C16H17ClO2S/c1-11(2)16(18)20-13-9-7-12(8-10-13)19-15-6-4-3-5-14(15)17/h3-11,16,18H,1-2H3. The maximum absolute atomic E-state index is 9.84. The monoisotopic (exact) mass is 308 g/mol. The van der Waals surface area contributed by atoms with Crippen LogP contribution < -0.4 is 4.74 Å². The zero-order valence-electron chi connectivity index (χ0n) is 11.4. The van der Waals surface area contributed by atoms with Gasteiger partial charge in [0.15, 0.2) is 0 Å². The Balaban J connectivity index is 2.03. The van der Waals surface area contributed by atoms with Crippen LogP contribution in [0.15, 0.2) is 53.4 Å². The molecule has 1 N–H and O–H groups in total. The fraction of sp³-hybridized carbons (Fsp3) is 0.250. The van der Waals surface area contributed by atoms with Crippen molar-refractivity contribution in [3.63, 3.8) is 0 Å². The molecule has 4 heteroatoms. The maximum atomic E-state index is 9.84. The van der Waals surface area contributed by atoms with Gasteiger partial charge in [-0.25, -0.2) is 0 Å². The number of halogens is 1. The molecule has 0 bridgehead atoms. The van der Waals surface area contributed by atoms with Gasteiger partial charge in [-0.1, -0.05) is 49.3 Å². The Kier molecular flexibility index (Phi) is 5.35. The van der Waals surface area contributed by atoms with Crippen LogP contribution in [0.2, 0.25) is 5.02 Å². The number of aliphatic hydroxyl groups excluding tert-OH is 1. The molecule has 20 heavy (non-hydrogen) atoms. The number of ether oxygens (including phenoxy) is 1. The van der Waals surface area contributed by atoms with Gasteiger partial charge in [-0.3, -0.25) is 0 Å². The average Bonchev–Trinajstić information content (AvgIpc) is 2.43. The molecule has 0 aliphatic heterocycles. The number of rotatable bonds is 5. The zero-order valence-corrected chi connectivity index (χ0v) is 13.0. The Labute approximate surface area is 128 Å². The van der Waals surface area contributed by atoms with Crippen molar-refractivity contribution in [3.05, 3.63) is 53.6 Å². The molecular formula is C16H17ClO2S. The Morgan fingerprint density at radius 1 is 1.05 bits per heavy atom. The van der Waals surface area contributed by atoms with E-state index in [1.807, 2.05) is 56.3 Å². The van der Waals surface area contributed by atoms with Crippen LogP contribution in [0.1, 0.15) is 13.8 Å². The normalized spacial score (nSPS) is 12.4. The predicted octanol–water partition coefficient (Wildman–Crippen LogP) is 5.20. The summed E-state index contributed by atoms with van der Waals surface area (Å²) < 4.78 is 5.71. The minimum absolute atomic E-state index is 0.221. The van der Waals surface area contributed by atoms with Crippen LogP contribution in [0.4, 0.5) is 0 Å². The van der Waals surface area contributed by atoms with Gasteiger partial charge in [0.05, 0.1) is 5.02 Å². The van der Waals surface area contributed by atoms with Gasteiger partial charge in [0.1, 0.15) is 16.9 Å². The van der Waals surface area contributed by atoms with Gasteiger partial charge in [0.25, 0.3) is 0 Å². The van der Waals surface area contributed by atoms with Gasteiger partial charge in [0, 0.05) is 4.90 Å². The first kappa shape index (κ1) is 15.2. The van der Waals surface area contributed by atoms with Crippen LogP contribution >= 0.6 is 23.4 Å². The minimum Gasteiger partial charge on any atom is -0.456 e. The first-order valence-electron chi connectivity index (χ1n) is 6.43. The molecule has 2 aromatic carbocycles. The molecule has 2 aromatic rings. The molecule has 0 spiro atoms. The lowest BCUT2D eigenvalue weighted by molar-refractivity contribution is 0.212. The van der Waals surface area contributed by atoms with Crippen molar-refractivity contribution in [2.45, 2.75) is 24.2 Å². The number of hydrogen-bond acceptors (Lipinski definition) is 3. The summed E-state index contributed by atoms with van der Waals surface area (Å²) in [6.07, 6.45) is 0. The third-order valence-corrected chi connectivity index (χ3v) is 4.36. The smallest absolute Gasteiger partial charge is 0.146 e. The van der Waals surface area contributed by atoms with E-state index in [1.165, 1.54) is 11.8 Å². The van der Waals surface area contributed by atoms with Crippen molar-refractivity contribution < 1.29 is 9.84 Å². The largest absolute Gasteiger partial charge is 0.456 e. The molecule has 0 aliphatic carbocycles. The SMILES string of the molecule is CC(C)C(O)Sc1ccc(Oc2ccccc2Cl)cc1. The van der Waals surface area contributed by atoms with E-state index in [0.717, 1.165) is 10.6 Å². The van der Waals surface area contributed by atoms with Crippen LogP contribution in [0.25, 0.3) is 0 Å². The molecule has 0 radical (unpaired) electrons. The van der Waals surface area contributed by atoms with E-state index in [0.29, 0.717) is 10.8 Å². The van der Waals surface area contributed by atoms with E-state index < -0.39 is 5.44 Å². The van der Waals surface area contributed by atoms with Gasteiger partial charge in [-0.15, -0.1) is 0 Å². The van der Waals surface area contributed by atoms with Crippen molar-refractivity contribution in [2.24, 2.45) is 5.92 Å². The summed E-state index contributed by atoms with van der Waals surface area (Å²) in [4.78, 5) is 1.01. The van der Waals surface area contributed by atoms with E-state index >= 15 is 0 Å². The highest BCUT2D eigenvalue weighted by Gasteiger charge is 2.10. The average molecular weight is 309 g/mol.